The average Bonchev–Trinajstić information content (AvgIpc) is 2.69. The average molecular weight is 440 g/mol. The Balaban J connectivity index is 2.42. The number of hydrogen-bond acceptors (Lipinski definition) is 5. The maximum atomic E-state index is 14.0. The number of nitrogen functional groups attached to an aromatic ring is 1. The minimum Gasteiger partial charge on any atom is -0.465 e. The van der Waals surface area contributed by atoms with Crippen LogP contribution in [0, 0.1) is 12.8 Å². The van der Waals surface area contributed by atoms with Crippen LogP contribution in [0.15, 0.2) is 29.3 Å². The number of pyridine rings is 1. The number of fused-ring (bicyclic) bond motifs is 1. The predicted octanol–water partition coefficient (Wildman–Crippen LogP) is 5.15. The summed E-state index contributed by atoms with van der Waals surface area (Å²) in [4.78, 5) is 20.9. The highest BCUT2D eigenvalue weighted by Gasteiger charge is 2.52. The highest BCUT2D eigenvalue weighted by Crippen LogP contribution is 2.49. The van der Waals surface area contributed by atoms with Crippen LogP contribution in [-0.2, 0) is 16.0 Å². The Morgan fingerprint density at radius 2 is 1.93 bits per heavy atom. The zero-order valence-electron chi connectivity index (χ0n) is 16.7. The summed E-state index contributed by atoms with van der Waals surface area (Å²) in [6.07, 6.45) is -4.40. The van der Waals surface area contributed by atoms with Gasteiger partial charge in [-0.2, -0.15) is 13.2 Å². The number of carbonyl (C=O) groups is 1. The Bertz CT molecular complexity index is 1020. The van der Waals surface area contributed by atoms with Gasteiger partial charge in [-0.3, -0.25) is 4.79 Å². The molecular formula is C21H21ClF3N3O2. The molecule has 0 saturated carbocycles. The largest absolute Gasteiger partial charge is 0.465 e. The lowest BCUT2D eigenvalue weighted by atomic mass is 9.75. The second-order valence-corrected chi connectivity index (χ2v) is 7.32. The molecule has 160 valence electrons. The molecule has 0 amide bonds. The van der Waals surface area contributed by atoms with Gasteiger partial charge in [0.25, 0.3) is 0 Å². The number of anilines is 1. The SMILES string of the molecule is CCOC(=O)C1C(C(F)(F)F)=Nc2nc(CC)c(C)c(N)c2C1c1ccccc1Cl. The standard InChI is InChI=1S/C21H21ClF3N3O2/c1-4-13-10(3)17(26)15-14(11-8-6-7-9-12(11)22)16(20(29)30-5-2)18(21(23,24)25)28-19(15)27-13/h6-9,14,16H,4-5H2,1-3H3,(H2,26,27). The molecule has 0 spiro atoms. The second-order valence-electron chi connectivity index (χ2n) is 6.91. The number of nitrogens with two attached hydrogens (primary N) is 1. The minimum atomic E-state index is -4.87. The zero-order chi connectivity index (χ0) is 22.2. The number of esters is 1. The van der Waals surface area contributed by atoms with Gasteiger partial charge in [-0.1, -0.05) is 36.7 Å². The van der Waals surface area contributed by atoms with E-state index in [2.05, 4.69) is 9.98 Å². The molecule has 2 aromatic rings. The third kappa shape index (κ3) is 3.76. The van der Waals surface area contributed by atoms with Crippen molar-refractivity contribution in [3.8, 4) is 0 Å². The van der Waals surface area contributed by atoms with Crippen molar-refractivity contribution in [2.45, 2.75) is 39.3 Å². The maximum absolute atomic E-state index is 14.0. The summed E-state index contributed by atoms with van der Waals surface area (Å²) in [5.41, 5.74) is 7.11. The van der Waals surface area contributed by atoms with E-state index in [0.717, 1.165) is 0 Å². The molecule has 9 heteroatoms. The Hall–Kier alpha value is -2.61. The fourth-order valence-corrected chi connectivity index (χ4v) is 4.03. The molecule has 2 heterocycles. The highest BCUT2D eigenvalue weighted by molar-refractivity contribution is 6.31. The van der Waals surface area contributed by atoms with Gasteiger partial charge < -0.3 is 10.5 Å². The van der Waals surface area contributed by atoms with Gasteiger partial charge in [0.05, 0.1) is 6.61 Å². The molecule has 0 fully saturated rings. The van der Waals surface area contributed by atoms with E-state index in [9.17, 15) is 18.0 Å². The van der Waals surface area contributed by atoms with Crippen molar-refractivity contribution in [1.82, 2.24) is 4.98 Å². The number of rotatable bonds is 4. The minimum absolute atomic E-state index is 0.0793. The fraction of sp³-hybridized carbons (Fsp3) is 0.381. The van der Waals surface area contributed by atoms with Crippen molar-refractivity contribution >= 4 is 34.8 Å². The van der Waals surface area contributed by atoms with Crippen LogP contribution < -0.4 is 5.73 Å². The fourth-order valence-electron chi connectivity index (χ4n) is 3.78. The summed E-state index contributed by atoms with van der Waals surface area (Å²) in [5, 5.41) is 0.211. The molecule has 5 nitrogen and oxygen atoms in total. The van der Waals surface area contributed by atoms with Crippen LogP contribution in [0.2, 0.25) is 5.02 Å². The van der Waals surface area contributed by atoms with Crippen molar-refractivity contribution in [2.75, 3.05) is 12.3 Å². The Morgan fingerprint density at radius 3 is 2.50 bits per heavy atom. The number of nitrogens with zero attached hydrogens (tertiary/aromatic N) is 2. The van der Waals surface area contributed by atoms with E-state index in [0.29, 0.717) is 23.2 Å². The van der Waals surface area contributed by atoms with Crippen LogP contribution in [0.5, 0.6) is 0 Å². The van der Waals surface area contributed by atoms with Gasteiger partial charge in [0.1, 0.15) is 11.6 Å². The maximum Gasteiger partial charge on any atom is 0.430 e. The van der Waals surface area contributed by atoms with Crippen molar-refractivity contribution < 1.29 is 22.7 Å². The van der Waals surface area contributed by atoms with E-state index in [-0.39, 0.29) is 28.7 Å². The van der Waals surface area contributed by atoms with Crippen LogP contribution in [0.25, 0.3) is 0 Å². The van der Waals surface area contributed by atoms with Crippen LogP contribution in [-0.4, -0.2) is 29.4 Å². The van der Waals surface area contributed by atoms with E-state index >= 15 is 0 Å². The number of aromatic nitrogens is 1. The number of halogens is 4. The zero-order valence-corrected chi connectivity index (χ0v) is 17.4. The summed E-state index contributed by atoms with van der Waals surface area (Å²) >= 11 is 6.35. The molecule has 1 aromatic heterocycles. The van der Waals surface area contributed by atoms with Crippen LogP contribution in [0.1, 0.15) is 42.1 Å². The Kier molecular flexibility index (Phi) is 6.08. The number of benzene rings is 1. The number of carbonyl (C=O) groups excluding carboxylic acids is 1. The van der Waals surface area contributed by atoms with Gasteiger partial charge in [-0.25, -0.2) is 9.98 Å². The molecule has 1 aromatic carbocycles. The molecule has 2 unspecified atom stereocenters. The number of hydrogen-bond donors (Lipinski definition) is 1. The third-order valence-electron chi connectivity index (χ3n) is 5.18. The number of ether oxygens (including phenoxy) is 1. The van der Waals surface area contributed by atoms with Gasteiger partial charge in [0, 0.05) is 27.9 Å². The summed E-state index contributed by atoms with van der Waals surface area (Å²) in [6.45, 7) is 5.01. The molecule has 3 rings (SSSR count). The van der Waals surface area contributed by atoms with Gasteiger partial charge in [-0.15, -0.1) is 0 Å². The van der Waals surface area contributed by atoms with E-state index in [1.807, 2.05) is 6.92 Å². The number of alkyl halides is 3. The summed E-state index contributed by atoms with van der Waals surface area (Å²) in [7, 11) is 0. The molecule has 0 aliphatic carbocycles. The third-order valence-corrected chi connectivity index (χ3v) is 5.52. The van der Waals surface area contributed by atoms with Gasteiger partial charge in [-0.05, 0) is 37.5 Å². The smallest absolute Gasteiger partial charge is 0.430 e. The second kappa shape index (κ2) is 8.26. The van der Waals surface area contributed by atoms with Gasteiger partial charge >= 0.3 is 12.1 Å². The van der Waals surface area contributed by atoms with Gasteiger partial charge in [0.2, 0.25) is 0 Å². The monoisotopic (exact) mass is 439 g/mol. The molecule has 2 N–H and O–H groups in total. The molecule has 0 bridgehead atoms. The first-order valence-electron chi connectivity index (χ1n) is 9.47. The van der Waals surface area contributed by atoms with Gasteiger partial charge in [0.15, 0.2) is 5.82 Å². The normalized spacial score (nSPS) is 18.6. The first-order chi connectivity index (χ1) is 14.1. The van der Waals surface area contributed by atoms with E-state index in [4.69, 9.17) is 22.1 Å². The van der Waals surface area contributed by atoms with E-state index in [1.54, 1.807) is 31.2 Å². The summed E-state index contributed by atoms with van der Waals surface area (Å²) in [6, 6.07) is 6.42. The lowest BCUT2D eigenvalue weighted by Gasteiger charge is -2.34. The predicted molar refractivity (Wildman–Crippen MR) is 109 cm³/mol. The Morgan fingerprint density at radius 1 is 1.27 bits per heavy atom. The first-order valence-corrected chi connectivity index (χ1v) is 9.85. The topological polar surface area (TPSA) is 77.6 Å². The molecule has 1 aliphatic heterocycles. The van der Waals surface area contributed by atoms with Crippen molar-refractivity contribution in [3.63, 3.8) is 0 Å². The quantitative estimate of drug-likeness (QED) is 0.668. The number of aliphatic imine (C=N–C) groups is 1. The van der Waals surface area contributed by atoms with Crippen molar-refractivity contribution in [1.29, 1.82) is 0 Å². The van der Waals surface area contributed by atoms with E-state index < -0.39 is 29.7 Å². The molecule has 30 heavy (non-hydrogen) atoms. The molecule has 2 atom stereocenters. The molecular weight excluding hydrogens is 419 g/mol. The van der Waals surface area contributed by atoms with Crippen molar-refractivity contribution in [2.24, 2.45) is 10.9 Å². The molecule has 0 radical (unpaired) electrons. The van der Waals surface area contributed by atoms with Crippen LogP contribution in [0.4, 0.5) is 24.7 Å². The molecule has 1 aliphatic rings. The van der Waals surface area contributed by atoms with Crippen LogP contribution in [0.3, 0.4) is 0 Å². The number of aryl methyl sites for hydroxylation is 1. The lowest BCUT2D eigenvalue weighted by molar-refractivity contribution is -0.147. The lowest BCUT2D eigenvalue weighted by Crippen LogP contribution is -2.42. The summed E-state index contributed by atoms with van der Waals surface area (Å²) < 4.78 is 47.0. The van der Waals surface area contributed by atoms with Crippen molar-refractivity contribution in [3.05, 3.63) is 51.7 Å². The summed E-state index contributed by atoms with van der Waals surface area (Å²) in [5.74, 6) is -4.08. The Labute approximate surface area is 177 Å². The van der Waals surface area contributed by atoms with E-state index in [1.165, 1.54) is 6.92 Å². The highest BCUT2D eigenvalue weighted by atomic mass is 35.5. The first kappa shape index (κ1) is 22.1. The molecule has 0 saturated heterocycles. The van der Waals surface area contributed by atoms with Crippen LogP contribution >= 0.6 is 11.6 Å².